The Labute approximate surface area is 256 Å². The number of ether oxygens (including phenoxy) is 2. The Morgan fingerprint density at radius 2 is 1.72 bits per heavy atom. The molecule has 3 aliphatic heterocycles. The standard InChI is InChI=1S/C38H45N2O3/c1-10-39-31-19-33-29(17-27(31)23(4)21-37(39,6)7)35(25-15-13-14-16-26(25)36(41)42-12-3)30-18-28-24(5)22-38(8,9)40(11-2)32(28)20-34(30)43-33/h13-22,29,33H,10-12H2,1-9H3/q+1. The lowest BCUT2D eigenvalue weighted by Crippen LogP contribution is -2.50. The first-order valence-electron chi connectivity index (χ1n) is 15.8. The maximum absolute atomic E-state index is 13.3. The molecule has 43 heavy (non-hydrogen) atoms. The number of hydrogen-bond donors (Lipinski definition) is 0. The third-order valence-electron chi connectivity index (χ3n) is 9.59. The summed E-state index contributed by atoms with van der Waals surface area (Å²) >= 11 is 0. The number of nitrogens with zero attached hydrogens (tertiary/aromatic N) is 2. The maximum atomic E-state index is 13.3. The predicted octanol–water partition coefficient (Wildman–Crippen LogP) is 6.03. The number of benzene rings is 2. The molecule has 2 atom stereocenters. The lowest BCUT2D eigenvalue weighted by Gasteiger charge is -2.47. The molecule has 1 aliphatic carbocycles. The molecule has 0 amide bonds. The molecule has 224 valence electrons. The molecule has 0 aromatic heterocycles. The van der Waals surface area contributed by atoms with Crippen molar-refractivity contribution in [1.82, 2.24) is 9.48 Å². The van der Waals surface area contributed by atoms with E-state index in [1.165, 1.54) is 33.3 Å². The molecule has 6 rings (SSSR count). The van der Waals surface area contributed by atoms with Crippen LogP contribution in [-0.4, -0.2) is 47.7 Å². The van der Waals surface area contributed by atoms with Crippen LogP contribution in [0.15, 0.2) is 77.5 Å². The Hall–Kier alpha value is -3.86. The van der Waals surface area contributed by atoms with E-state index in [0.29, 0.717) is 12.2 Å². The molecular weight excluding hydrogens is 532 g/mol. The highest BCUT2D eigenvalue weighted by molar-refractivity contribution is 5.96. The van der Waals surface area contributed by atoms with Gasteiger partial charge in [0.15, 0.2) is 5.54 Å². The molecule has 0 fully saturated rings. The van der Waals surface area contributed by atoms with Crippen LogP contribution < -0.4 is 19.9 Å². The summed E-state index contributed by atoms with van der Waals surface area (Å²) in [6.07, 6.45) is 9.22. The van der Waals surface area contributed by atoms with Crippen LogP contribution in [0.3, 0.4) is 0 Å². The molecule has 3 heterocycles. The van der Waals surface area contributed by atoms with Gasteiger partial charge in [-0.15, -0.1) is 0 Å². The van der Waals surface area contributed by atoms with Gasteiger partial charge >= 0.3 is 5.97 Å². The van der Waals surface area contributed by atoms with E-state index in [2.05, 4.69) is 107 Å². The van der Waals surface area contributed by atoms with Crippen molar-refractivity contribution in [3.05, 3.63) is 105 Å². The van der Waals surface area contributed by atoms with Crippen LogP contribution in [0.2, 0.25) is 0 Å². The Morgan fingerprint density at radius 1 is 0.977 bits per heavy atom. The van der Waals surface area contributed by atoms with Crippen molar-refractivity contribution in [1.29, 1.82) is 0 Å². The minimum Gasteiger partial charge on any atom is -0.484 e. The molecule has 2 aromatic carbocycles. The van der Waals surface area contributed by atoms with Gasteiger partial charge in [-0.05, 0) is 101 Å². The highest BCUT2D eigenvalue weighted by Gasteiger charge is 2.41. The molecule has 5 heteroatoms. The summed E-state index contributed by atoms with van der Waals surface area (Å²) < 4.78 is 15.0. The van der Waals surface area contributed by atoms with Gasteiger partial charge < -0.3 is 14.4 Å². The highest BCUT2D eigenvalue weighted by atomic mass is 16.5. The van der Waals surface area contributed by atoms with E-state index >= 15 is 0 Å². The van der Waals surface area contributed by atoms with Crippen molar-refractivity contribution < 1.29 is 14.3 Å². The Kier molecular flexibility index (Phi) is 7.06. The first-order chi connectivity index (χ1) is 20.4. The molecular formula is C38H45N2O3+. The highest BCUT2D eigenvalue weighted by Crippen LogP contribution is 2.45. The minimum absolute atomic E-state index is 0.0743. The molecule has 0 saturated heterocycles. The number of carbonyl (C=O) groups excluding carboxylic acids is 1. The van der Waals surface area contributed by atoms with Crippen LogP contribution in [0.1, 0.15) is 83.8 Å². The van der Waals surface area contributed by atoms with Gasteiger partial charge in [0.25, 0.3) is 0 Å². The van der Waals surface area contributed by atoms with E-state index in [9.17, 15) is 4.79 Å². The molecule has 0 N–H and O–H groups in total. The third-order valence-corrected chi connectivity index (χ3v) is 9.59. The Morgan fingerprint density at radius 3 is 2.42 bits per heavy atom. The zero-order valence-corrected chi connectivity index (χ0v) is 27.2. The third kappa shape index (κ3) is 4.59. The average Bonchev–Trinajstić information content (AvgIpc) is 2.94. The fourth-order valence-corrected chi connectivity index (χ4v) is 7.95. The SMILES string of the molecule is CCOC(=O)c1ccccc1C1=c2cc3c(cc2OC2C=C4C(=CC12)C(C)=CC(C)(C)N4CC)=[N+](CC)C(C)(C)C=C3C. The normalized spacial score (nSPS) is 23.0. The van der Waals surface area contributed by atoms with Crippen molar-refractivity contribution in [3.8, 4) is 5.75 Å². The smallest absolute Gasteiger partial charge is 0.338 e. The number of fused-ring (bicyclic) bond motifs is 4. The van der Waals surface area contributed by atoms with Gasteiger partial charge in [0, 0.05) is 42.8 Å². The molecule has 2 unspecified atom stereocenters. The average molecular weight is 578 g/mol. The quantitative estimate of drug-likeness (QED) is 0.322. The summed E-state index contributed by atoms with van der Waals surface area (Å²) in [6.45, 7) is 21.9. The van der Waals surface area contributed by atoms with Crippen LogP contribution in [0.5, 0.6) is 5.75 Å². The van der Waals surface area contributed by atoms with Crippen LogP contribution >= 0.6 is 0 Å². The molecule has 0 saturated carbocycles. The van der Waals surface area contributed by atoms with Gasteiger partial charge in [-0.2, -0.15) is 0 Å². The predicted molar refractivity (Wildman–Crippen MR) is 174 cm³/mol. The van der Waals surface area contributed by atoms with E-state index in [0.717, 1.165) is 35.2 Å². The molecule has 5 nitrogen and oxygen atoms in total. The van der Waals surface area contributed by atoms with E-state index in [1.807, 2.05) is 25.1 Å². The summed E-state index contributed by atoms with van der Waals surface area (Å²) in [5.41, 5.74) is 8.61. The Balaban J connectivity index is 1.70. The second-order valence-electron chi connectivity index (χ2n) is 13.2. The largest absolute Gasteiger partial charge is 0.484 e. The van der Waals surface area contributed by atoms with Crippen molar-refractivity contribution in [2.45, 2.75) is 79.5 Å². The van der Waals surface area contributed by atoms with Crippen LogP contribution in [-0.2, 0) is 4.74 Å². The van der Waals surface area contributed by atoms with Crippen molar-refractivity contribution in [2.24, 2.45) is 5.92 Å². The summed E-state index contributed by atoms with van der Waals surface area (Å²) in [5.74, 6) is 0.488. The second-order valence-corrected chi connectivity index (χ2v) is 13.2. The first-order valence-corrected chi connectivity index (χ1v) is 15.8. The zero-order valence-electron chi connectivity index (χ0n) is 27.2. The Bertz CT molecular complexity index is 1780. The fraction of sp³-hybridized carbons (Fsp3) is 0.421. The van der Waals surface area contributed by atoms with Gasteiger partial charge in [-0.25, -0.2) is 9.37 Å². The summed E-state index contributed by atoms with van der Waals surface area (Å²) in [7, 11) is 0. The molecule has 0 radical (unpaired) electrons. The molecule has 0 spiro atoms. The van der Waals surface area contributed by atoms with Crippen LogP contribution in [0, 0.1) is 5.92 Å². The van der Waals surface area contributed by atoms with Gasteiger partial charge in [0.2, 0.25) is 5.36 Å². The minimum atomic E-state index is -0.296. The van der Waals surface area contributed by atoms with Crippen molar-refractivity contribution in [2.75, 3.05) is 19.7 Å². The van der Waals surface area contributed by atoms with Crippen LogP contribution in [0.4, 0.5) is 0 Å². The summed E-state index contributed by atoms with van der Waals surface area (Å²) in [6, 6.07) is 12.4. The number of likely N-dealkylation sites (N-methyl/N-ethyl adjacent to an activating group) is 2. The number of allylic oxidation sites excluding steroid dienone is 2. The van der Waals surface area contributed by atoms with Crippen LogP contribution in [0.25, 0.3) is 11.1 Å². The molecule has 0 bridgehead atoms. The first kappa shape index (κ1) is 29.2. The second kappa shape index (κ2) is 10.4. The summed E-state index contributed by atoms with van der Waals surface area (Å²) in [5, 5.41) is 2.23. The topological polar surface area (TPSA) is 41.8 Å². The monoisotopic (exact) mass is 577 g/mol. The van der Waals surface area contributed by atoms with Gasteiger partial charge in [0.1, 0.15) is 18.4 Å². The number of esters is 1. The number of hydrogen-bond acceptors (Lipinski definition) is 4. The van der Waals surface area contributed by atoms with E-state index in [-0.39, 0.29) is 29.1 Å². The zero-order chi connectivity index (χ0) is 30.8. The van der Waals surface area contributed by atoms with Crippen molar-refractivity contribution in [3.63, 3.8) is 0 Å². The number of carbonyl (C=O) groups is 1. The van der Waals surface area contributed by atoms with E-state index in [1.54, 1.807) is 0 Å². The van der Waals surface area contributed by atoms with Gasteiger partial charge in [-0.1, -0.05) is 30.4 Å². The van der Waals surface area contributed by atoms with Gasteiger partial charge in [0.05, 0.1) is 23.8 Å². The lowest BCUT2D eigenvalue weighted by atomic mass is 9.75. The van der Waals surface area contributed by atoms with E-state index in [4.69, 9.17) is 9.47 Å². The number of rotatable bonds is 5. The van der Waals surface area contributed by atoms with E-state index < -0.39 is 0 Å². The summed E-state index contributed by atoms with van der Waals surface area (Å²) in [4.78, 5) is 15.8. The van der Waals surface area contributed by atoms with Gasteiger partial charge in [-0.3, -0.25) is 0 Å². The molecule has 2 aromatic rings. The lowest BCUT2D eigenvalue weighted by molar-refractivity contribution is 0.0525. The molecule has 4 aliphatic rings. The van der Waals surface area contributed by atoms with Crippen molar-refractivity contribution >= 4 is 17.1 Å². The fourth-order valence-electron chi connectivity index (χ4n) is 7.95. The maximum Gasteiger partial charge on any atom is 0.338 e.